The molecule has 0 saturated carbocycles. The Balaban J connectivity index is 3.33. The van der Waals surface area contributed by atoms with Gasteiger partial charge in [0, 0.05) is 11.1 Å². The molecule has 9 heteroatoms. The number of nitro groups is 1. The number of hydrogen-bond donors (Lipinski definition) is 1. The molecular formula is C10H8ClF2NO5. The molecule has 19 heavy (non-hydrogen) atoms. The van der Waals surface area contributed by atoms with E-state index in [2.05, 4.69) is 4.74 Å². The molecule has 0 fully saturated rings. The highest BCUT2D eigenvalue weighted by Gasteiger charge is 2.21. The van der Waals surface area contributed by atoms with Crippen LogP contribution in [0, 0.1) is 10.1 Å². The number of rotatable bonds is 6. The summed E-state index contributed by atoms with van der Waals surface area (Å²) in [6.07, 6.45) is -0.607. The number of hydrogen-bond acceptors (Lipinski definition) is 4. The second-order valence-corrected chi connectivity index (χ2v) is 3.70. The molecule has 1 aromatic rings. The summed E-state index contributed by atoms with van der Waals surface area (Å²) in [7, 11) is 0. The first-order valence-corrected chi connectivity index (χ1v) is 5.41. The highest BCUT2D eigenvalue weighted by atomic mass is 35.5. The van der Waals surface area contributed by atoms with Crippen molar-refractivity contribution in [3.63, 3.8) is 0 Å². The minimum Gasteiger partial charge on any atom is -0.481 e. The largest absolute Gasteiger partial charge is 0.481 e. The molecule has 1 N–H and O–H groups in total. The van der Waals surface area contributed by atoms with E-state index in [0.29, 0.717) is 0 Å². The lowest BCUT2D eigenvalue weighted by Gasteiger charge is -2.11. The smallest absolute Gasteiger partial charge is 0.387 e. The first-order valence-electron chi connectivity index (χ1n) is 4.88. The lowest BCUT2D eigenvalue weighted by molar-refractivity contribution is -0.385. The summed E-state index contributed by atoms with van der Waals surface area (Å²) in [5.74, 6) is -2.08. The molecule has 0 aliphatic heterocycles. The third-order valence-electron chi connectivity index (χ3n) is 2.16. The number of halogens is 3. The number of aliphatic carboxylic acids is 1. The van der Waals surface area contributed by atoms with Gasteiger partial charge in [-0.15, -0.1) is 11.6 Å². The van der Waals surface area contributed by atoms with Gasteiger partial charge in [0.1, 0.15) is 5.75 Å². The van der Waals surface area contributed by atoms with E-state index in [4.69, 9.17) is 16.7 Å². The van der Waals surface area contributed by atoms with E-state index in [9.17, 15) is 23.7 Å². The Labute approximate surface area is 110 Å². The number of carbonyl (C=O) groups is 1. The Morgan fingerprint density at radius 1 is 1.47 bits per heavy atom. The maximum Gasteiger partial charge on any atom is 0.387 e. The third-order valence-corrected chi connectivity index (χ3v) is 2.45. The lowest BCUT2D eigenvalue weighted by atomic mass is 10.1. The summed E-state index contributed by atoms with van der Waals surface area (Å²) in [4.78, 5) is 20.5. The van der Waals surface area contributed by atoms with E-state index >= 15 is 0 Å². The molecule has 1 rings (SSSR count). The quantitative estimate of drug-likeness (QED) is 0.495. The van der Waals surface area contributed by atoms with Crippen molar-refractivity contribution in [2.45, 2.75) is 18.9 Å². The molecule has 0 saturated heterocycles. The van der Waals surface area contributed by atoms with Crippen molar-refractivity contribution in [2.75, 3.05) is 0 Å². The third kappa shape index (κ3) is 4.02. The average molecular weight is 296 g/mol. The number of nitrogens with zero attached hydrogens (tertiary/aromatic N) is 1. The van der Waals surface area contributed by atoms with E-state index in [1.807, 2.05) is 0 Å². The number of ether oxygens (including phenoxy) is 1. The van der Waals surface area contributed by atoms with Gasteiger partial charge in [-0.2, -0.15) is 8.78 Å². The van der Waals surface area contributed by atoms with Gasteiger partial charge in [-0.3, -0.25) is 14.9 Å². The number of benzene rings is 1. The Kier molecular flexibility index (Phi) is 4.99. The molecule has 0 heterocycles. The van der Waals surface area contributed by atoms with Crippen molar-refractivity contribution in [1.29, 1.82) is 0 Å². The van der Waals surface area contributed by atoms with Gasteiger partial charge < -0.3 is 9.84 Å². The number of carboxylic acid groups (broad SMARTS) is 1. The fraction of sp³-hybridized carbons (Fsp3) is 0.300. The van der Waals surface area contributed by atoms with Crippen LogP contribution in [0.3, 0.4) is 0 Å². The van der Waals surface area contributed by atoms with Crippen molar-refractivity contribution >= 4 is 23.3 Å². The maximum atomic E-state index is 12.2. The first kappa shape index (κ1) is 15.1. The standard InChI is InChI=1S/C10H8ClF2NO5/c11-4-6-1-5(2-9(15)16)8(19-10(12)13)3-7(6)14(17)18/h1,3,10H,2,4H2,(H,15,16). The minimum atomic E-state index is -3.21. The molecule has 0 radical (unpaired) electrons. The highest BCUT2D eigenvalue weighted by Crippen LogP contribution is 2.31. The highest BCUT2D eigenvalue weighted by molar-refractivity contribution is 6.17. The van der Waals surface area contributed by atoms with Gasteiger partial charge in [0.2, 0.25) is 0 Å². The summed E-state index contributed by atoms with van der Waals surface area (Å²) in [6.45, 7) is -3.21. The Morgan fingerprint density at radius 3 is 2.53 bits per heavy atom. The summed E-state index contributed by atoms with van der Waals surface area (Å²) in [5.41, 5.74) is -0.571. The minimum absolute atomic E-state index is 0.0320. The Morgan fingerprint density at radius 2 is 2.11 bits per heavy atom. The molecule has 6 nitrogen and oxygen atoms in total. The van der Waals surface area contributed by atoms with Gasteiger partial charge in [-0.1, -0.05) is 0 Å². The fourth-order valence-electron chi connectivity index (χ4n) is 1.45. The summed E-state index contributed by atoms with van der Waals surface area (Å²) in [6, 6.07) is 1.83. The van der Waals surface area contributed by atoms with E-state index in [0.717, 1.165) is 12.1 Å². The van der Waals surface area contributed by atoms with Crippen LogP contribution in [0.15, 0.2) is 12.1 Å². The summed E-state index contributed by atoms with van der Waals surface area (Å²) in [5, 5.41) is 19.4. The van der Waals surface area contributed by atoms with Crippen LogP contribution in [0.5, 0.6) is 5.75 Å². The molecule has 0 bridgehead atoms. The molecule has 0 spiro atoms. The monoisotopic (exact) mass is 295 g/mol. The van der Waals surface area contributed by atoms with Crippen LogP contribution in [-0.2, 0) is 17.1 Å². The van der Waals surface area contributed by atoms with Crippen LogP contribution in [-0.4, -0.2) is 22.6 Å². The molecule has 0 unspecified atom stereocenters. The lowest BCUT2D eigenvalue weighted by Crippen LogP contribution is -2.09. The molecule has 0 amide bonds. The molecule has 104 valence electrons. The predicted octanol–water partition coefficient (Wildman–Crippen LogP) is 2.56. The van der Waals surface area contributed by atoms with Gasteiger partial charge in [0.15, 0.2) is 0 Å². The van der Waals surface area contributed by atoms with Crippen molar-refractivity contribution in [3.05, 3.63) is 33.4 Å². The second-order valence-electron chi connectivity index (χ2n) is 3.43. The zero-order valence-electron chi connectivity index (χ0n) is 9.31. The van der Waals surface area contributed by atoms with Crippen LogP contribution < -0.4 is 4.74 Å². The number of carboxylic acids is 1. The van der Waals surface area contributed by atoms with E-state index in [-0.39, 0.29) is 17.0 Å². The molecule has 1 aromatic carbocycles. The molecular weight excluding hydrogens is 288 g/mol. The molecule has 0 aliphatic rings. The normalized spacial score (nSPS) is 10.5. The zero-order valence-corrected chi connectivity index (χ0v) is 10.1. The molecule has 0 aromatic heterocycles. The Bertz CT molecular complexity index is 509. The van der Waals surface area contributed by atoms with Crippen LogP contribution in [0.25, 0.3) is 0 Å². The second kappa shape index (κ2) is 6.28. The predicted molar refractivity (Wildman–Crippen MR) is 60.6 cm³/mol. The maximum absolute atomic E-state index is 12.2. The van der Waals surface area contributed by atoms with Crippen molar-refractivity contribution < 1.29 is 28.3 Å². The van der Waals surface area contributed by atoms with Gasteiger partial charge >= 0.3 is 12.6 Å². The SMILES string of the molecule is O=C(O)Cc1cc(CCl)c([N+](=O)[O-])cc1OC(F)F. The van der Waals surface area contributed by atoms with E-state index in [1.54, 1.807) is 0 Å². The van der Waals surface area contributed by atoms with E-state index in [1.165, 1.54) is 0 Å². The van der Waals surface area contributed by atoms with Crippen LogP contribution in [0.2, 0.25) is 0 Å². The van der Waals surface area contributed by atoms with Crippen LogP contribution in [0.4, 0.5) is 14.5 Å². The summed E-state index contributed by atoms with van der Waals surface area (Å²) < 4.78 is 28.5. The van der Waals surface area contributed by atoms with Gasteiger partial charge in [0.05, 0.1) is 23.3 Å². The Hall–Kier alpha value is -1.96. The summed E-state index contributed by atoms with van der Waals surface area (Å²) >= 11 is 5.50. The van der Waals surface area contributed by atoms with Crippen molar-refractivity contribution in [1.82, 2.24) is 0 Å². The van der Waals surface area contributed by atoms with Crippen LogP contribution in [0.1, 0.15) is 11.1 Å². The van der Waals surface area contributed by atoms with Gasteiger partial charge in [-0.25, -0.2) is 0 Å². The van der Waals surface area contributed by atoms with E-state index < -0.39 is 35.4 Å². The van der Waals surface area contributed by atoms with Crippen molar-refractivity contribution in [2.24, 2.45) is 0 Å². The van der Waals surface area contributed by atoms with Crippen molar-refractivity contribution in [3.8, 4) is 5.75 Å². The molecule has 0 aliphatic carbocycles. The van der Waals surface area contributed by atoms with Gasteiger partial charge in [0.25, 0.3) is 5.69 Å². The number of alkyl halides is 3. The average Bonchev–Trinajstić information content (AvgIpc) is 2.29. The number of nitro benzene ring substituents is 1. The fourth-order valence-corrected chi connectivity index (χ4v) is 1.66. The first-order chi connectivity index (χ1) is 8.85. The van der Waals surface area contributed by atoms with Gasteiger partial charge in [-0.05, 0) is 6.07 Å². The zero-order chi connectivity index (χ0) is 14.6. The molecule has 0 atom stereocenters. The topological polar surface area (TPSA) is 89.7 Å². The van der Waals surface area contributed by atoms with Crippen LogP contribution >= 0.6 is 11.6 Å².